The summed E-state index contributed by atoms with van der Waals surface area (Å²) in [5.41, 5.74) is -0.861. The molecule has 4 nitrogen and oxygen atoms in total. The number of rotatable bonds is 3. The van der Waals surface area contributed by atoms with Gasteiger partial charge in [-0.2, -0.15) is 0 Å². The maximum absolute atomic E-state index is 12.8. The molecular weight excluding hydrogens is 231 g/mol. The Labute approximate surface area is 100 Å². The molecule has 17 heavy (non-hydrogen) atoms. The van der Waals surface area contributed by atoms with Gasteiger partial charge in [0.05, 0.1) is 6.54 Å². The fraction of sp³-hybridized carbons (Fsp3) is 0.600. The van der Waals surface area contributed by atoms with E-state index in [1.54, 1.807) is 20.8 Å². The molecule has 0 heterocycles. The second-order valence-corrected chi connectivity index (χ2v) is 4.57. The van der Waals surface area contributed by atoms with Crippen LogP contribution in [0.3, 0.4) is 0 Å². The number of halogens is 2. The molecule has 2 amide bonds. The summed E-state index contributed by atoms with van der Waals surface area (Å²) in [5.74, 6) is -5.23. The normalized spacial score (nSPS) is 11.8. The first-order valence-electron chi connectivity index (χ1n) is 5.02. The van der Waals surface area contributed by atoms with Crippen molar-refractivity contribution in [1.29, 1.82) is 0 Å². The lowest BCUT2D eigenvalue weighted by atomic mass is 9.97. The van der Waals surface area contributed by atoms with Gasteiger partial charge in [0.1, 0.15) is 5.60 Å². The summed E-state index contributed by atoms with van der Waals surface area (Å²) in [5, 5.41) is 0. The van der Waals surface area contributed by atoms with Gasteiger partial charge >= 0.3 is 6.09 Å². The zero-order chi connectivity index (χ0) is 13.9. The minimum absolute atomic E-state index is 0.322. The summed E-state index contributed by atoms with van der Waals surface area (Å²) in [4.78, 5) is 23.2. The third-order valence-electron chi connectivity index (χ3n) is 1.55. The fourth-order valence-electron chi connectivity index (χ4n) is 0.923. The van der Waals surface area contributed by atoms with E-state index < -0.39 is 23.4 Å². The number of ether oxygens (including phenoxy) is 1. The summed E-state index contributed by atoms with van der Waals surface area (Å²) >= 11 is 0. The lowest BCUT2D eigenvalue weighted by Gasteiger charge is -2.27. The van der Waals surface area contributed by atoms with Gasteiger partial charge in [-0.3, -0.25) is 4.79 Å². The van der Waals surface area contributed by atoms with Gasteiger partial charge < -0.3 is 4.74 Å². The van der Waals surface area contributed by atoms with Gasteiger partial charge in [0.15, 0.2) is 0 Å². The molecule has 0 aromatic carbocycles. The minimum Gasteiger partial charge on any atom is -0.443 e. The second-order valence-electron chi connectivity index (χ2n) is 4.57. The van der Waals surface area contributed by atoms with E-state index in [-0.39, 0.29) is 6.54 Å². The highest BCUT2D eigenvalue weighted by Crippen LogP contribution is 2.16. The first-order valence-corrected chi connectivity index (χ1v) is 5.02. The van der Waals surface area contributed by atoms with Gasteiger partial charge in [0.25, 0.3) is 11.7 Å². The van der Waals surface area contributed by atoms with Gasteiger partial charge in [-0.05, 0) is 20.8 Å². The number of carbonyl (C=O) groups excluding carboxylic acids is 2. The maximum atomic E-state index is 12.8. The molecule has 0 spiro atoms. The number of amides is 2. The summed E-state index contributed by atoms with van der Waals surface area (Å²) in [6, 6.07) is 0. The molecule has 0 saturated carbocycles. The molecule has 7 heteroatoms. The standard InChI is InChI=1S/C10H16BF2NO3/c1-5-6-14(7(15)10(11,12)13)8(16)17-9(2,3)4/h5H,1,6,11H2,2-4H3. The summed E-state index contributed by atoms with van der Waals surface area (Å²) in [6.45, 7) is 7.70. The van der Waals surface area contributed by atoms with Crippen LogP contribution in [-0.4, -0.2) is 42.7 Å². The number of hydrogen-bond acceptors (Lipinski definition) is 3. The average molecular weight is 247 g/mol. The van der Waals surface area contributed by atoms with Crippen LogP contribution in [0.4, 0.5) is 13.6 Å². The van der Waals surface area contributed by atoms with E-state index in [0.717, 1.165) is 0 Å². The Hall–Kier alpha value is -1.40. The first-order chi connectivity index (χ1) is 7.49. The van der Waals surface area contributed by atoms with Crippen LogP contribution < -0.4 is 0 Å². The van der Waals surface area contributed by atoms with Gasteiger partial charge in [-0.25, -0.2) is 18.5 Å². The van der Waals surface area contributed by atoms with Crippen LogP contribution in [0.2, 0.25) is 0 Å². The summed E-state index contributed by atoms with van der Waals surface area (Å²) in [7, 11) is 0.426. The molecule has 96 valence electrons. The number of imide groups is 1. The fourth-order valence-corrected chi connectivity index (χ4v) is 0.923. The number of alkyl halides is 2. The highest BCUT2D eigenvalue weighted by atomic mass is 19.3. The van der Waals surface area contributed by atoms with Crippen molar-refractivity contribution in [1.82, 2.24) is 4.90 Å². The zero-order valence-corrected chi connectivity index (χ0v) is 10.4. The molecule has 0 N–H and O–H groups in total. The van der Waals surface area contributed by atoms with Crippen LogP contribution in [0.25, 0.3) is 0 Å². The Morgan fingerprint density at radius 1 is 1.41 bits per heavy atom. The Kier molecular flexibility index (Phi) is 4.86. The number of hydrogen-bond donors (Lipinski definition) is 0. The molecule has 0 radical (unpaired) electrons. The monoisotopic (exact) mass is 247 g/mol. The van der Waals surface area contributed by atoms with Crippen molar-refractivity contribution in [3.63, 3.8) is 0 Å². The molecule has 0 bridgehead atoms. The van der Waals surface area contributed by atoms with Gasteiger partial charge in [-0.15, -0.1) is 6.58 Å². The van der Waals surface area contributed by atoms with E-state index in [9.17, 15) is 18.4 Å². The molecule has 0 aliphatic rings. The molecule has 0 rings (SSSR count). The van der Waals surface area contributed by atoms with Crippen LogP contribution in [0.1, 0.15) is 20.8 Å². The summed E-state index contributed by atoms with van der Waals surface area (Å²) < 4.78 is 30.6. The molecular formula is C10H16BF2NO3. The van der Waals surface area contributed by atoms with Gasteiger partial charge in [0, 0.05) is 0 Å². The van der Waals surface area contributed by atoms with E-state index in [4.69, 9.17) is 4.74 Å². The number of nitrogens with zero attached hydrogens (tertiary/aromatic N) is 1. The summed E-state index contributed by atoms with van der Waals surface area (Å²) in [6.07, 6.45) is 0.0667. The highest BCUT2D eigenvalue weighted by Gasteiger charge is 2.40. The molecule has 0 fully saturated rings. The van der Waals surface area contributed by atoms with E-state index in [0.29, 0.717) is 12.7 Å². The Morgan fingerprint density at radius 3 is 2.18 bits per heavy atom. The van der Waals surface area contributed by atoms with Crippen LogP contribution >= 0.6 is 0 Å². The topological polar surface area (TPSA) is 46.6 Å². The Morgan fingerprint density at radius 2 is 1.88 bits per heavy atom. The van der Waals surface area contributed by atoms with Crippen molar-refractivity contribution in [3.8, 4) is 0 Å². The predicted molar refractivity (Wildman–Crippen MR) is 61.6 cm³/mol. The largest absolute Gasteiger partial charge is 0.443 e. The predicted octanol–water partition coefficient (Wildman–Crippen LogP) is 1.16. The van der Waals surface area contributed by atoms with Gasteiger partial charge in [0.2, 0.25) is 7.85 Å². The first kappa shape index (κ1) is 15.6. The van der Waals surface area contributed by atoms with E-state index in [1.165, 1.54) is 6.08 Å². The van der Waals surface area contributed by atoms with Crippen molar-refractivity contribution in [3.05, 3.63) is 12.7 Å². The van der Waals surface area contributed by atoms with Crippen molar-refractivity contribution >= 4 is 19.8 Å². The SMILES string of the molecule is BC(F)(F)C(=O)N(CC=C)C(=O)OC(C)(C)C. The van der Waals surface area contributed by atoms with E-state index in [2.05, 4.69) is 6.58 Å². The lowest BCUT2D eigenvalue weighted by Crippen LogP contribution is -2.48. The smallest absolute Gasteiger partial charge is 0.417 e. The minimum atomic E-state index is -3.63. The van der Waals surface area contributed by atoms with Crippen LogP contribution in [0.5, 0.6) is 0 Å². The molecule has 0 aliphatic carbocycles. The maximum Gasteiger partial charge on any atom is 0.417 e. The van der Waals surface area contributed by atoms with E-state index >= 15 is 0 Å². The van der Waals surface area contributed by atoms with Crippen molar-refractivity contribution in [2.75, 3.05) is 6.54 Å². The molecule has 0 aromatic rings. The molecule has 0 atom stereocenters. The molecule has 0 aliphatic heterocycles. The van der Waals surface area contributed by atoms with Crippen LogP contribution in [0.15, 0.2) is 12.7 Å². The van der Waals surface area contributed by atoms with Gasteiger partial charge in [-0.1, -0.05) is 6.08 Å². The Bertz CT molecular complexity index is 320. The van der Waals surface area contributed by atoms with Crippen LogP contribution in [-0.2, 0) is 9.53 Å². The third-order valence-corrected chi connectivity index (χ3v) is 1.55. The Balaban J connectivity index is 4.93. The zero-order valence-electron chi connectivity index (χ0n) is 10.4. The van der Waals surface area contributed by atoms with Crippen LogP contribution in [0, 0.1) is 0 Å². The third kappa shape index (κ3) is 5.47. The second kappa shape index (κ2) is 5.29. The van der Waals surface area contributed by atoms with E-state index in [1.807, 2.05) is 0 Å². The quantitative estimate of drug-likeness (QED) is 0.555. The highest BCUT2D eigenvalue weighted by molar-refractivity contribution is 6.27. The molecule has 0 unspecified atom stereocenters. The van der Waals surface area contributed by atoms with Crippen molar-refractivity contribution < 1.29 is 23.1 Å². The van der Waals surface area contributed by atoms with Crippen molar-refractivity contribution in [2.45, 2.75) is 32.2 Å². The molecule has 0 aromatic heterocycles. The average Bonchev–Trinajstić information content (AvgIpc) is 2.08. The van der Waals surface area contributed by atoms with Crippen molar-refractivity contribution in [2.24, 2.45) is 0 Å². The number of carbonyl (C=O) groups is 2. The lowest BCUT2D eigenvalue weighted by molar-refractivity contribution is -0.145. The molecule has 0 saturated heterocycles.